The van der Waals surface area contributed by atoms with E-state index in [-0.39, 0.29) is 0 Å². The van der Waals surface area contributed by atoms with Crippen molar-refractivity contribution in [2.24, 2.45) is 12.0 Å². The van der Waals surface area contributed by atoms with E-state index in [2.05, 4.69) is 49.0 Å². The first-order valence-electron chi connectivity index (χ1n) is 9.06. The molecule has 0 radical (unpaired) electrons. The van der Waals surface area contributed by atoms with Gasteiger partial charge in [-0.25, -0.2) is 9.97 Å². The van der Waals surface area contributed by atoms with Gasteiger partial charge in [0.2, 0.25) is 5.95 Å². The summed E-state index contributed by atoms with van der Waals surface area (Å²) in [6, 6.07) is 1.84. The molecule has 0 saturated carbocycles. The minimum Gasteiger partial charge on any atom is -0.356 e. The molecule has 1 aliphatic heterocycles. The third-order valence-electron chi connectivity index (χ3n) is 4.94. The molecule has 0 bridgehead atoms. The molecular formula is C18H28N8. The maximum atomic E-state index is 4.49. The summed E-state index contributed by atoms with van der Waals surface area (Å²) in [5, 5.41) is 7.98. The van der Waals surface area contributed by atoms with E-state index in [1.807, 2.05) is 24.8 Å². The maximum Gasteiger partial charge on any atom is 0.225 e. The molecule has 1 aliphatic rings. The van der Waals surface area contributed by atoms with Crippen molar-refractivity contribution < 1.29 is 0 Å². The summed E-state index contributed by atoms with van der Waals surface area (Å²) in [7, 11) is 3.84. The summed E-state index contributed by atoms with van der Waals surface area (Å²) in [5.74, 6) is 1.76. The van der Waals surface area contributed by atoms with Crippen LogP contribution in [0.3, 0.4) is 0 Å². The minimum atomic E-state index is 0.803. The van der Waals surface area contributed by atoms with Crippen LogP contribution in [0, 0.1) is 13.8 Å². The fourth-order valence-electron chi connectivity index (χ4n) is 3.38. The predicted molar refractivity (Wildman–Crippen MR) is 104 cm³/mol. The highest BCUT2D eigenvalue weighted by Gasteiger charge is 2.21. The second-order valence-electron chi connectivity index (χ2n) is 6.52. The molecule has 140 valence electrons. The van der Waals surface area contributed by atoms with Crippen molar-refractivity contribution in [1.82, 2.24) is 30.0 Å². The zero-order chi connectivity index (χ0) is 18.5. The molecule has 2 aromatic rings. The van der Waals surface area contributed by atoms with Gasteiger partial charge in [0, 0.05) is 64.9 Å². The number of rotatable bonds is 4. The number of nitrogens with zero attached hydrogens (tertiary/aromatic N) is 7. The van der Waals surface area contributed by atoms with Gasteiger partial charge in [0.25, 0.3) is 0 Å². The zero-order valence-electron chi connectivity index (χ0n) is 16.1. The van der Waals surface area contributed by atoms with E-state index in [4.69, 9.17) is 0 Å². The lowest BCUT2D eigenvalue weighted by Crippen LogP contribution is -2.53. The first kappa shape index (κ1) is 18.2. The standard InChI is InChI=1S/C18H28N8/c1-14-16(15(2)24(4)23-14)6-9-22-17(19-3)25-10-12-26(13-11-25)18-20-7-5-8-21-18/h5,7-8H,6,9-13H2,1-4H3,(H,19,22). The second kappa shape index (κ2) is 8.16. The Morgan fingerprint density at radius 3 is 2.42 bits per heavy atom. The Morgan fingerprint density at radius 1 is 1.15 bits per heavy atom. The maximum absolute atomic E-state index is 4.49. The molecule has 0 aromatic carbocycles. The molecule has 1 fully saturated rings. The molecule has 3 heterocycles. The van der Waals surface area contributed by atoms with Crippen molar-refractivity contribution in [1.29, 1.82) is 0 Å². The van der Waals surface area contributed by atoms with Crippen molar-refractivity contribution in [2.75, 3.05) is 44.7 Å². The van der Waals surface area contributed by atoms with Gasteiger partial charge in [-0.2, -0.15) is 5.10 Å². The number of aryl methyl sites for hydroxylation is 2. The number of piperazine rings is 1. The van der Waals surface area contributed by atoms with E-state index in [0.717, 1.165) is 56.7 Å². The van der Waals surface area contributed by atoms with Crippen LogP contribution in [0.1, 0.15) is 17.0 Å². The van der Waals surface area contributed by atoms with E-state index < -0.39 is 0 Å². The number of guanidine groups is 1. The normalized spacial score (nSPS) is 15.5. The van der Waals surface area contributed by atoms with Gasteiger partial charge in [0.15, 0.2) is 5.96 Å². The van der Waals surface area contributed by atoms with Crippen LogP contribution in [0.4, 0.5) is 5.95 Å². The monoisotopic (exact) mass is 356 g/mol. The van der Waals surface area contributed by atoms with Gasteiger partial charge in [0.05, 0.1) is 5.69 Å². The number of hydrogen-bond donors (Lipinski definition) is 1. The van der Waals surface area contributed by atoms with Crippen LogP contribution >= 0.6 is 0 Å². The Morgan fingerprint density at radius 2 is 1.85 bits per heavy atom. The van der Waals surface area contributed by atoms with Crippen LogP contribution in [-0.4, -0.2) is 70.4 Å². The lowest BCUT2D eigenvalue weighted by molar-refractivity contribution is 0.370. The average Bonchev–Trinajstić information content (AvgIpc) is 2.92. The summed E-state index contributed by atoms with van der Waals surface area (Å²) < 4.78 is 1.95. The molecule has 0 unspecified atom stereocenters. The molecule has 2 aromatic heterocycles. The summed E-state index contributed by atoms with van der Waals surface area (Å²) in [6.45, 7) is 8.64. The largest absolute Gasteiger partial charge is 0.356 e. The number of aliphatic imine (C=N–C) groups is 1. The lowest BCUT2D eigenvalue weighted by Gasteiger charge is -2.36. The van der Waals surface area contributed by atoms with E-state index in [1.165, 1.54) is 11.3 Å². The van der Waals surface area contributed by atoms with Crippen LogP contribution < -0.4 is 10.2 Å². The van der Waals surface area contributed by atoms with Gasteiger partial charge >= 0.3 is 0 Å². The number of aromatic nitrogens is 4. The van der Waals surface area contributed by atoms with Crippen LogP contribution in [0.5, 0.6) is 0 Å². The SMILES string of the molecule is CN=C(NCCc1c(C)nn(C)c1C)N1CCN(c2ncccn2)CC1. The van der Waals surface area contributed by atoms with E-state index >= 15 is 0 Å². The Balaban J connectivity index is 1.51. The van der Waals surface area contributed by atoms with E-state index in [0.29, 0.717) is 0 Å². The molecule has 0 spiro atoms. The molecule has 26 heavy (non-hydrogen) atoms. The molecule has 0 amide bonds. The van der Waals surface area contributed by atoms with E-state index in [9.17, 15) is 0 Å². The Hall–Kier alpha value is -2.64. The predicted octanol–water partition coefficient (Wildman–Crippen LogP) is 0.767. The molecule has 1 saturated heterocycles. The molecule has 8 heteroatoms. The Bertz CT molecular complexity index is 744. The zero-order valence-corrected chi connectivity index (χ0v) is 16.1. The minimum absolute atomic E-state index is 0.803. The lowest BCUT2D eigenvalue weighted by atomic mass is 10.1. The van der Waals surface area contributed by atoms with E-state index in [1.54, 1.807) is 12.4 Å². The molecule has 0 atom stereocenters. The van der Waals surface area contributed by atoms with Gasteiger partial charge < -0.3 is 15.1 Å². The van der Waals surface area contributed by atoms with Crippen LogP contribution in [0.25, 0.3) is 0 Å². The smallest absolute Gasteiger partial charge is 0.225 e. The Kier molecular flexibility index (Phi) is 5.70. The van der Waals surface area contributed by atoms with Crippen molar-refractivity contribution in [3.05, 3.63) is 35.4 Å². The number of nitrogens with one attached hydrogen (secondary N) is 1. The molecule has 8 nitrogen and oxygen atoms in total. The number of hydrogen-bond acceptors (Lipinski definition) is 5. The topological polar surface area (TPSA) is 74.5 Å². The Labute approximate surface area is 155 Å². The summed E-state index contributed by atoms with van der Waals surface area (Å²) in [4.78, 5) is 17.6. The molecule has 3 rings (SSSR count). The average molecular weight is 356 g/mol. The quantitative estimate of drug-likeness (QED) is 0.644. The van der Waals surface area contributed by atoms with Gasteiger partial charge in [-0.1, -0.05) is 0 Å². The van der Waals surface area contributed by atoms with Crippen molar-refractivity contribution >= 4 is 11.9 Å². The summed E-state index contributed by atoms with van der Waals surface area (Å²) in [5.41, 5.74) is 3.66. The van der Waals surface area contributed by atoms with Gasteiger partial charge in [-0.15, -0.1) is 0 Å². The fraction of sp³-hybridized carbons (Fsp3) is 0.556. The van der Waals surface area contributed by atoms with Crippen molar-refractivity contribution in [3.8, 4) is 0 Å². The second-order valence-corrected chi connectivity index (χ2v) is 6.52. The summed E-state index contributed by atoms with van der Waals surface area (Å²) >= 11 is 0. The summed E-state index contributed by atoms with van der Waals surface area (Å²) in [6.07, 6.45) is 4.53. The first-order valence-corrected chi connectivity index (χ1v) is 9.06. The van der Waals surface area contributed by atoms with Crippen LogP contribution in [0.2, 0.25) is 0 Å². The van der Waals surface area contributed by atoms with Crippen molar-refractivity contribution in [3.63, 3.8) is 0 Å². The van der Waals surface area contributed by atoms with Crippen LogP contribution in [-0.2, 0) is 13.5 Å². The first-order chi connectivity index (χ1) is 12.6. The molecule has 1 N–H and O–H groups in total. The fourth-order valence-corrected chi connectivity index (χ4v) is 3.38. The van der Waals surface area contributed by atoms with Gasteiger partial charge in [-0.3, -0.25) is 9.67 Å². The highest BCUT2D eigenvalue weighted by Crippen LogP contribution is 2.12. The van der Waals surface area contributed by atoms with Gasteiger partial charge in [0.1, 0.15) is 0 Å². The van der Waals surface area contributed by atoms with Crippen molar-refractivity contribution in [2.45, 2.75) is 20.3 Å². The highest BCUT2D eigenvalue weighted by molar-refractivity contribution is 5.80. The third kappa shape index (κ3) is 3.95. The molecule has 0 aliphatic carbocycles. The number of anilines is 1. The molecular weight excluding hydrogens is 328 g/mol. The van der Waals surface area contributed by atoms with Crippen LogP contribution in [0.15, 0.2) is 23.5 Å². The highest BCUT2D eigenvalue weighted by atomic mass is 15.4. The van der Waals surface area contributed by atoms with Gasteiger partial charge in [-0.05, 0) is 31.9 Å². The third-order valence-corrected chi connectivity index (χ3v) is 4.94.